The van der Waals surface area contributed by atoms with Gasteiger partial charge in [-0.05, 0) is 55.0 Å². The fourth-order valence-electron chi connectivity index (χ4n) is 1.84. The summed E-state index contributed by atoms with van der Waals surface area (Å²) in [5.41, 5.74) is 3.66. The molecule has 0 unspecified atom stereocenters. The Morgan fingerprint density at radius 1 is 1.28 bits per heavy atom. The first kappa shape index (κ1) is 19.2. The maximum atomic E-state index is 12.2. The van der Waals surface area contributed by atoms with Crippen molar-refractivity contribution in [2.75, 3.05) is 6.54 Å². The van der Waals surface area contributed by atoms with E-state index in [0.717, 1.165) is 5.56 Å². The van der Waals surface area contributed by atoms with Crippen LogP contribution in [-0.4, -0.2) is 23.8 Å². The second kappa shape index (κ2) is 9.36. The molecule has 25 heavy (non-hydrogen) atoms. The van der Waals surface area contributed by atoms with Crippen LogP contribution in [0.25, 0.3) is 0 Å². The van der Waals surface area contributed by atoms with Gasteiger partial charge in [-0.25, -0.2) is 4.79 Å². The van der Waals surface area contributed by atoms with Gasteiger partial charge in [0.2, 0.25) is 0 Å². The van der Waals surface area contributed by atoms with Crippen molar-refractivity contribution in [1.82, 2.24) is 10.7 Å². The molecule has 2 N–H and O–H groups in total. The van der Waals surface area contributed by atoms with Crippen molar-refractivity contribution in [1.29, 1.82) is 0 Å². The average molecular weight is 396 g/mol. The molecule has 0 fully saturated rings. The second-order valence-electron chi connectivity index (χ2n) is 4.82. The first-order chi connectivity index (χ1) is 12.0. The van der Waals surface area contributed by atoms with E-state index < -0.39 is 5.97 Å². The van der Waals surface area contributed by atoms with Crippen LogP contribution in [0, 0.1) is 0 Å². The van der Waals surface area contributed by atoms with E-state index in [9.17, 15) is 4.79 Å². The van der Waals surface area contributed by atoms with Gasteiger partial charge in [0.25, 0.3) is 0 Å². The van der Waals surface area contributed by atoms with Gasteiger partial charge in [-0.1, -0.05) is 35.3 Å². The molecule has 8 heteroatoms. The number of nitrogens with zero attached hydrogens (tertiary/aromatic N) is 1. The van der Waals surface area contributed by atoms with Crippen molar-refractivity contribution in [3.8, 4) is 5.75 Å². The van der Waals surface area contributed by atoms with E-state index in [4.69, 9.17) is 40.2 Å². The number of hydrogen-bond acceptors (Lipinski definition) is 4. The van der Waals surface area contributed by atoms with Crippen molar-refractivity contribution < 1.29 is 9.53 Å². The van der Waals surface area contributed by atoms with Gasteiger partial charge in [0.05, 0.1) is 16.8 Å². The highest BCUT2D eigenvalue weighted by Crippen LogP contribution is 2.23. The van der Waals surface area contributed by atoms with Crippen LogP contribution in [0.15, 0.2) is 47.6 Å². The van der Waals surface area contributed by atoms with Gasteiger partial charge in [-0.3, -0.25) is 5.43 Å². The minimum Gasteiger partial charge on any atom is -0.423 e. The summed E-state index contributed by atoms with van der Waals surface area (Å²) < 4.78 is 5.34. The molecule has 0 aliphatic heterocycles. The molecule has 0 aliphatic rings. The Kier molecular flexibility index (Phi) is 7.18. The van der Waals surface area contributed by atoms with E-state index in [1.807, 2.05) is 13.0 Å². The van der Waals surface area contributed by atoms with Gasteiger partial charge in [0.1, 0.15) is 5.75 Å². The first-order valence-corrected chi connectivity index (χ1v) is 8.50. The Bertz CT molecular complexity index is 812. The normalized spacial score (nSPS) is 10.5. The lowest BCUT2D eigenvalue weighted by Gasteiger charge is -2.07. The number of ether oxygens (including phenoxy) is 1. The van der Waals surface area contributed by atoms with Crippen LogP contribution in [0.3, 0.4) is 0 Å². The Balaban J connectivity index is 2.04. The third kappa shape index (κ3) is 6.01. The minimum atomic E-state index is -0.567. The molecule has 0 aromatic heterocycles. The quantitative estimate of drug-likeness (QED) is 0.263. The van der Waals surface area contributed by atoms with Crippen molar-refractivity contribution in [3.63, 3.8) is 0 Å². The maximum absolute atomic E-state index is 12.2. The molecule has 2 aromatic rings. The molecule has 0 atom stereocenters. The highest BCUT2D eigenvalue weighted by Gasteiger charge is 2.13. The summed E-state index contributed by atoms with van der Waals surface area (Å²) >= 11 is 16.8. The Morgan fingerprint density at radius 3 is 2.80 bits per heavy atom. The third-order valence-corrected chi connectivity index (χ3v) is 3.72. The zero-order valence-electron chi connectivity index (χ0n) is 13.3. The Labute approximate surface area is 161 Å². The third-order valence-electron chi connectivity index (χ3n) is 2.94. The molecule has 0 spiro atoms. The van der Waals surface area contributed by atoms with Crippen molar-refractivity contribution in [3.05, 3.63) is 63.6 Å². The Hall–Kier alpha value is -2.15. The van der Waals surface area contributed by atoms with Crippen molar-refractivity contribution in [2.24, 2.45) is 5.10 Å². The molecular formula is C17H15Cl2N3O2S. The van der Waals surface area contributed by atoms with E-state index in [0.29, 0.717) is 22.4 Å². The number of carbonyl (C=O) groups is 1. The number of benzene rings is 2. The van der Waals surface area contributed by atoms with Crippen LogP contribution in [0.5, 0.6) is 5.75 Å². The molecule has 0 heterocycles. The van der Waals surface area contributed by atoms with Crippen LogP contribution in [-0.2, 0) is 0 Å². The van der Waals surface area contributed by atoms with Gasteiger partial charge < -0.3 is 10.1 Å². The number of carbonyl (C=O) groups excluding carboxylic acids is 1. The number of thiocarbonyl (C=S) groups is 1. The van der Waals surface area contributed by atoms with E-state index in [-0.39, 0.29) is 10.6 Å². The summed E-state index contributed by atoms with van der Waals surface area (Å²) in [5, 5.41) is 8.03. The largest absolute Gasteiger partial charge is 0.423 e. The van der Waals surface area contributed by atoms with E-state index in [2.05, 4.69) is 15.8 Å². The lowest BCUT2D eigenvalue weighted by atomic mass is 10.2. The summed E-state index contributed by atoms with van der Waals surface area (Å²) in [4.78, 5) is 12.2. The second-order valence-corrected chi connectivity index (χ2v) is 6.07. The molecule has 130 valence electrons. The fraction of sp³-hybridized carbons (Fsp3) is 0.118. The van der Waals surface area contributed by atoms with Gasteiger partial charge in [-0.2, -0.15) is 5.10 Å². The van der Waals surface area contributed by atoms with Crippen LogP contribution in [0.1, 0.15) is 22.8 Å². The molecule has 0 saturated heterocycles. The molecule has 0 aliphatic carbocycles. The summed E-state index contributed by atoms with van der Waals surface area (Å²) in [5.74, 6) is -0.198. The summed E-state index contributed by atoms with van der Waals surface area (Å²) in [7, 11) is 0. The van der Waals surface area contributed by atoms with E-state index in [1.165, 1.54) is 12.1 Å². The van der Waals surface area contributed by atoms with E-state index in [1.54, 1.807) is 30.5 Å². The number of esters is 1. The molecule has 2 aromatic carbocycles. The predicted octanol–water partition coefficient (Wildman–Crippen LogP) is 4.03. The Morgan fingerprint density at radius 2 is 2.08 bits per heavy atom. The minimum absolute atomic E-state index is 0.233. The summed E-state index contributed by atoms with van der Waals surface area (Å²) in [6, 6.07) is 11.5. The van der Waals surface area contributed by atoms with Crippen molar-refractivity contribution in [2.45, 2.75) is 6.92 Å². The molecule has 0 amide bonds. The van der Waals surface area contributed by atoms with Crippen molar-refractivity contribution >= 4 is 52.7 Å². The van der Waals surface area contributed by atoms with Crippen LogP contribution in [0.2, 0.25) is 10.0 Å². The monoisotopic (exact) mass is 395 g/mol. The van der Waals surface area contributed by atoms with Crippen LogP contribution >= 0.6 is 35.4 Å². The lowest BCUT2D eigenvalue weighted by Crippen LogP contribution is -2.31. The average Bonchev–Trinajstić information content (AvgIpc) is 2.55. The van der Waals surface area contributed by atoms with E-state index >= 15 is 0 Å². The first-order valence-electron chi connectivity index (χ1n) is 7.34. The number of halogens is 2. The molecule has 0 radical (unpaired) electrons. The van der Waals surface area contributed by atoms with Crippen LogP contribution in [0.4, 0.5) is 0 Å². The predicted molar refractivity (Wildman–Crippen MR) is 105 cm³/mol. The molecular weight excluding hydrogens is 381 g/mol. The lowest BCUT2D eigenvalue weighted by molar-refractivity contribution is 0.0735. The standard InChI is InChI=1S/C17H15Cl2N3O2S/c1-2-20-17(25)22-21-10-11-4-3-5-13(8-11)24-16(23)14-7-6-12(18)9-15(14)19/h3-10H,2H2,1H3,(H2,20,22,25)/b21-10+. The topological polar surface area (TPSA) is 62.7 Å². The van der Waals surface area contributed by atoms with Gasteiger partial charge >= 0.3 is 5.97 Å². The highest BCUT2D eigenvalue weighted by molar-refractivity contribution is 7.80. The summed E-state index contributed by atoms with van der Waals surface area (Å²) in [6.07, 6.45) is 1.57. The number of nitrogens with one attached hydrogen (secondary N) is 2. The maximum Gasteiger partial charge on any atom is 0.345 e. The fourth-order valence-corrected chi connectivity index (χ4v) is 2.52. The van der Waals surface area contributed by atoms with Gasteiger partial charge in [0.15, 0.2) is 5.11 Å². The molecule has 2 rings (SSSR count). The highest BCUT2D eigenvalue weighted by atomic mass is 35.5. The number of rotatable bonds is 5. The number of hydrogen-bond donors (Lipinski definition) is 2. The smallest absolute Gasteiger partial charge is 0.345 e. The van der Waals surface area contributed by atoms with Crippen LogP contribution < -0.4 is 15.5 Å². The zero-order chi connectivity index (χ0) is 18.2. The molecule has 0 bridgehead atoms. The summed E-state index contributed by atoms with van der Waals surface area (Å²) in [6.45, 7) is 2.64. The SMILES string of the molecule is CCNC(=S)N/N=C/c1cccc(OC(=O)c2ccc(Cl)cc2Cl)c1. The zero-order valence-corrected chi connectivity index (χ0v) is 15.6. The van der Waals surface area contributed by atoms with Gasteiger partial charge in [-0.15, -0.1) is 0 Å². The molecule has 5 nitrogen and oxygen atoms in total. The number of hydrazone groups is 1. The molecule has 0 saturated carbocycles. The van der Waals surface area contributed by atoms with Gasteiger partial charge in [0, 0.05) is 11.6 Å².